The second kappa shape index (κ2) is 11.5. The van der Waals surface area contributed by atoms with E-state index in [0.29, 0.717) is 0 Å². The fourth-order valence-electron chi connectivity index (χ4n) is 7.38. The van der Waals surface area contributed by atoms with E-state index in [9.17, 15) is 0 Å². The number of rotatable bonds is 5. The molecule has 8 aromatic carbocycles. The number of fused-ring (bicyclic) bond motifs is 8. The van der Waals surface area contributed by atoms with Gasteiger partial charge in [-0.2, -0.15) is 0 Å². The molecule has 2 aromatic heterocycles. The molecule has 0 aliphatic rings. The first kappa shape index (κ1) is 28.3. The Morgan fingerprint density at radius 3 is 1.82 bits per heavy atom. The molecule has 0 atom stereocenters. The van der Waals surface area contributed by atoms with Crippen LogP contribution in [0.15, 0.2) is 176 Å². The largest absolute Gasteiger partial charge is 0.310 e. The zero-order valence-electron chi connectivity index (χ0n) is 26.5. The third-order valence-electron chi connectivity index (χ3n) is 9.65. The van der Waals surface area contributed by atoms with Crippen molar-refractivity contribution in [1.29, 1.82) is 0 Å². The smallest absolute Gasteiger partial charge is 0.0476 e. The molecule has 0 aliphatic carbocycles. The predicted octanol–water partition coefficient (Wildman–Crippen LogP) is 14.4. The van der Waals surface area contributed by atoms with Crippen molar-refractivity contribution >= 4 is 90.9 Å². The molecule has 10 aromatic rings. The van der Waals surface area contributed by atoms with Gasteiger partial charge in [0.1, 0.15) is 0 Å². The first-order chi connectivity index (χ1) is 24.3. The monoisotopic (exact) mass is 659 g/mol. The highest BCUT2D eigenvalue weighted by molar-refractivity contribution is 7.26. The summed E-state index contributed by atoms with van der Waals surface area (Å²) in [5.41, 5.74) is 8.30. The maximum absolute atomic E-state index is 2.41. The third kappa shape index (κ3) is 4.74. The molecule has 0 saturated heterocycles. The van der Waals surface area contributed by atoms with Crippen molar-refractivity contribution in [2.75, 3.05) is 4.90 Å². The van der Waals surface area contributed by atoms with Gasteiger partial charge in [0, 0.05) is 57.4 Å². The van der Waals surface area contributed by atoms with Crippen molar-refractivity contribution in [3.05, 3.63) is 176 Å². The minimum absolute atomic E-state index is 1.13. The normalized spacial score (nSPS) is 11.7. The molecule has 0 saturated carbocycles. The van der Waals surface area contributed by atoms with Crippen LogP contribution in [0, 0.1) is 0 Å². The zero-order chi connectivity index (χ0) is 32.3. The Morgan fingerprint density at radius 2 is 0.959 bits per heavy atom. The standard InChI is InChI=1S/C46H29NS2/c1-2-10-30(11-3-1)31-20-23-34(24-21-31)47(36-25-26-39-38-15-4-6-18-41(38)49-44(39)29-36)35-14-8-13-33(28-35)37-17-9-12-32-22-27-43-46(45(32)37)40-16-5-7-19-42(40)48-43/h1-29H. The number of anilines is 3. The zero-order valence-corrected chi connectivity index (χ0v) is 28.1. The van der Waals surface area contributed by atoms with Gasteiger partial charge < -0.3 is 4.90 Å². The summed E-state index contributed by atoms with van der Waals surface area (Å²) in [6.45, 7) is 0. The van der Waals surface area contributed by atoms with Crippen LogP contribution in [0.5, 0.6) is 0 Å². The molecule has 0 unspecified atom stereocenters. The highest BCUT2D eigenvalue weighted by atomic mass is 32.1. The summed E-state index contributed by atoms with van der Waals surface area (Å²) < 4.78 is 5.27. The summed E-state index contributed by atoms with van der Waals surface area (Å²) in [5, 5.41) is 7.89. The van der Waals surface area contributed by atoms with E-state index in [-0.39, 0.29) is 0 Å². The Labute approximate surface area is 292 Å². The van der Waals surface area contributed by atoms with E-state index in [2.05, 4.69) is 181 Å². The number of nitrogens with zero attached hydrogens (tertiary/aromatic N) is 1. The molecular weight excluding hydrogens is 631 g/mol. The third-order valence-corrected chi connectivity index (χ3v) is 11.9. The lowest BCUT2D eigenvalue weighted by Gasteiger charge is -2.26. The highest BCUT2D eigenvalue weighted by Gasteiger charge is 2.18. The summed E-state index contributed by atoms with van der Waals surface area (Å²) in [5.74, 6) is 0. The van der Waals surface area contributed by atoms with Gasteiger partial charge in [-0.3, -0.25) is 0 Å². The lowest BCUT2D eigenvalue weighted by atomic mass is 9.94. The van der Waals surface area contributed by atoms with Crippen LogP contribution < -0.4 is 4.90 Å². The first-order valence-corrected chi connectivity index (χ1v) is 18.2. The number of hydrogen-bond acceptors (Lipinski definition) is 3. The minimum Gasteiger partial charge on any atom is -0.310 e. The van der Waals surface area contributed by atoms with Crippen molar-refractivity contribution in [3.8, 4) is 22.3 Å². The Hall–Kier alpha value is -5.74. The maximum atomic E-state index is 2.41. The Bertz CT molecular complexity index is 2830. The van der Waals surface area contributed by atoms with Crippen molar-refractivity contribution in [2.24, 2.45) is 0 Å². The molecule has 3 heteroatoms. The van der Waals surface area contributed by atoms with E-state index in [1.54, 1.807) is 0 Å². The first-order valence-electron chi connectivity index (χ1n) is 16.6. The van der Waals surface area contributed by atoms with E-state index in [4.69, 9.17) is 0 Å². The lowest BCUT2D eigenvalue weighted by Crippen LogP contribution is -2.10. The maximum Gasteiger partial charge on any atom is 0.0476 e. The summed E-state index contributed by atoms with van der Waals surface area (Å²) in [4.78, 5) is 2.41. The minimum atomic E-state index is 1.13. The summed E-state index contributed by atoms with van der Waals surface area (Å²) >= 11 is 3.74. The molecule has 0 aliphatic heterocycles. The highest BCUT2D eigenvalue weighted by Crippen LogP contribution is 2.45. The molecule has 0 spiro atoms. The average molecular weight is 660 g/mol. The van der Waals surface area contributed by atoms with Gasteiger partial charge in [0.15, 0.2) is 0 Å². The molecule has 0 bridgehead atoms. The van der Waals surface area contributed by atoms with Gasteiger partial charge >= 0.3 is 0 Å². The fraction of sp³-hybridized carbons (Fsp3) is 0. The van der Waals surface area contributed by atoms with Gasteiger partial charge in [-0.05, 0) is 87.6 Å². The Kier molecular flexibility index (Phi) is 6.61. The molecule has 0 amide bonds. The van der Waals surface area contributed by atoms with Gasteiger partial charge in [0.2, 0.25) is 0 Å². The number of thiophene rings is 2. The molecular formula is C46H29NS2. The Morgan fingerprint density at radius 1 is 0.327 bits per heavy atom. The summed E-state index contributed by atoms with van der Waals surface area (Å²) in [7, 11) is 0. The van der Waals surface area contributed by atoms with Crippen LogP contribution >= 0.6 is 22.7 Å². The second-order valence-electron chi connectivity index (χ2n) is 12.5. The molecule has 0 fully saturated rings. The van der Waals surface area contributed by atoms with E-state index in [1.165, 1.54) is 73.4 Å². The van der Waals surface area contributed by atoms with Crippen LogP contribution in [0.3, 0.4) is 0 Å². The predicted molar refractivity (Wildman–Crippen MR) is 215 cm³/mol. The lowest BCUT2D eigenvalue weighted by molar-refractivity contribution is 1.29. The SMILES string of the molecule is c1ccc(-c2ccc(N(c3cccc(-c4cccc5ccc6sc7ccccc7c6c45)c3)c3ccc4c(c3)sc3ccccc34)cc2)cc1. The van der Waals surface area contributed by atoms with Crippen molar-refractivity contribution in [3.63, 3.8) is 0 Å². The van der Waals surface area contributed by atoms with Crippen LogP contribution in [0.4, 0.5) is 17.1 Å². The molecule has 49 heavy (non-hydrogen) atoms. The van der Waals surface area contributed by atoms with Crippen molar-refractivity contribution in [2.45, 2.75) is 0 Å². The van der Waals surface area contributed by atoms with Gasteiger partial charge in [-0.15, -0.1) is 22.7 Å². The van der Waals surface area contributed by atoms with Crippen molar-refractivity contribution < 1.29 is 0 Å². The number of hydrogen-bond donors (Lipinski definition) is 0. The quantitative estimate of drug-likeness (QED) is 0.178. The van der Waals surface area contributed by atoms with Crippen LogP contribution in [0.25, 0.3) is 73.4 Å². The molecule has 0 radical (unpaired) electrons. The van der Waals surface area contributed by atoms with Crippen LogP contribution in [-0.2, 0) is 0 Å². The van der Waals surface area contributed by atoms with Crippen molar-refractivity contribution in [1.82, 2.24) is 0 Å². The van der Waals surface area contributed by atoms with Crippen LogP contribution in [-0.4, -0.2) is 0 Å². The molecule has 230 valence electrons. The van der Waals surface area contributed by atoms with E-state index >= 15 is 0 Å². The van der Waals surface area contributed by atoms with E-state index in [1.807, 2.05) is 22.7 Å². The van der Waals surface area contributed by atoms with Crippen LogP contribution in [0.2, 0.25) is 0 Å². The topological polar surface area (TPSA) is 3.24 Å². The van der Waals surface area contributed by atoms with Gasteiger partial charge in [-0.1, -0.05) is 121 Å². The molecule has 1 nitrogen and oxygen atoms in total. The average Bonchev–Trinajstić information content (AvgIpc) is 3.74. The Balaban J connectivity index is 1.17. The summed E-state index contributed by atoms with van der Waals surface area (Å²) in [6.07, 6.45) is 0. The fourth-order valence-corrected chi connectivity index (χ4v) is 9.63. The van der Waals surface area contributed by atoms with Gasteiger partial charge in [-0.25, -0.2) is 0 Å². The van der Waals surface area contributed by atoms with E-state index in [0.717, 1.165) is 17.1 Å². The molecule has 2 heterocycles. The second-order valence-corrected chi connectivity index (χ2v) is 14.7. The van der Waals surface area contributed by atoms with Gasteiger partial charge in [0.05, 0.1) is 0 Å². The number of benzene rings is 8. The molecule has 0 N–H and O–H groups in total. The van der Waals surface area contributed by atoms with Crippen LogP contribution in [0.1, 0.15) is 0 Å². The molecule has 10 rings (SSSR count). The van der Waals surface area contributed by atoms with Gasteiger partial charge in [0.25, 0.3) is 0 Å². The van der Waals surface area contributed by atoms with E-state index < -0.39 is 0 Å². The summed E-state index contributed by atoms with van der Waals surface area (Å²) in [6, 6.07) is 64.4.